The molecule has 2 bridgehead atoms. The highest BCUT2D eigenvalue weighted by atomic mass is 16.7. The summed E-state index contributed by atoms with van der Waals surface area (Å²) >= 11 is 0. The molecule has 7 nitrogen and oxygen atoms in total. The van der Waals surface area contributed by atoms with Crippen LogP contribution in [-0.4, -0.2) is 48.9 Å². The smallest absolute Gasteiger partial charge is 0.344 e. The van der Waals surface area contributed by atoms with E-state index in [1.54, 1.807) is 6.92 Å². The van der Waals surface area contributed by atoms with Crippen LogP contribution in [-0.2, 0) is 33.3 Å². The molecule has 0 aliphatic carbocycles. The van der Waals surface area contributed by atoms with Gasteiger partial charge in [0.25, 0.3) is 0 Å². The Hall–Kier alpha value is -1.89. The number of rotatable bonds is 4. The number of ether oxygens (including phenoxy) is 4. The van der Waals surface area contributed by atoms with Crippen molar-refractivity contribution in [3.8, 4) is 0 Å². The largest absolute Gasteiger partial charge is 0.455 e. The van der Waals surface area contributed by atoms with Crippen molar-refractivity contribution >= 4 is 17.9 Å². The fourth-order valence-corrected chi connectivity index (χ4v) is 3.10. The lowest BCUT2D eigenvalue weighted by Gasteiger charge is -2.25. The molecule has 3 aliphatic heterocycles. The van der Waals surface area contributed by atoms with Crippen molar-refractivity contribution in [3.05, 3.63) is 12.2 Å². The monoisotopic (exact) mass is 296 g/mol. The van der Waals surface area contributed by atoms with Crippen molar-refractivity contribution < 1.29 is 33.3 Å². The van der Waals surface area contributed by atoms with E-state index in [9.17, 15) is 14.4 Å². The third-order valence-corrected chi connectivity index (χ3v) is 4.21. The third-order valence-electron chi connectivity index (χ3n) is 4.21. The van der Waals surface area contributed by atoms with Gasteiger partial charge in [-0.1, -0.05) is 6.58 Å². The summed E-state index contributed by atoms with van der Waals surface area (Å²) in [5.41, 5.74) is -0.434. The normalized spacial score (nSPS) is 39.0. The number of fused-ring (bicyclic) bond motifs is 1. The minimum atomic E-state index is -0.699. The second kappa shape index (κ2) is 4.56. The van der Waals surface area contributed by atoms with Gasteiger partial charge in [0.1, 0.15) is 12.2 Å². The molecule has 21 heavy (non-hydrogen) atoms. The number of hydrogen-bond donors (Lipinski definition) is 0. The fraction of sp³-hybridized carbons (Fsp3) is 0.643. The summed E-state index contributed by atoms with van der Waals surface area (Å²) in [5, 5.41) is 0. The number of hydrogen-bond acceptors (Lipinski definition) is 7. The SMILES string of the molecule is C=C(C)C(=O)OCC(=O)OC1C2CC3(C)C(=O)OC1C3O2. The number of carbonyl (C=O) groups is 3. The van der Waals surface area contributed by atoms with Crippen molar-refractivity contribution in [1.82, 2.24) is 0 Å². The molecule has 0 amide bonds. The first-order valence-corrected chi connectivity index (χ1v) is 6.71. The minimum Gasteiger partial charge on any atom is -0.455 e. The summed E-state index contributed by atoms with van der Waals surface area (Å²) in [5.74, 6) is -1.67. The van der Waals surface area contributed by atoms with Gasteiger partial charge in [-0.25, -0.2) is 9.59 Å². The predicted molar refractivity (Wildman–Crippen MR) is 66.9 cm³/mol. The molecular weight excluding hydrogens is 280 g/mol. The first-order chi connectivity index (χ1) is 9.83. The predicted octanol–water partition coefficient (Wildman–Crippen LogP) is 0.120. The Balaban J connectivity index is 1.58. The maximum absolute atomic E-state index is 11.8. The molecule has 0 saturated carbocycles. The van der Waals surface area contributed by atoms with Crippen LogP contribution < -0.4 is 0 Å². The van der Waals surface area contributed by atoms with Gasteiger partial charge in [-0.05, 0) is 20.3 Å². The lowest BCUT2D eigenvalue weighted by Crippen LogP contribution is -2.44. The van der Waals surface area contributed by atoms with Gasteiger partial charge >= 0.3 is 17.9 Å². The molecule has 0 radical (unpaired) electrons. The maximum atomic E-state index is 11.8. The van der Waals surface area contributed by atoms with E-state index in [1.165, 1.54) is 6.92 Å². The first kappa shape index (κ1) is 14.1. The highest BCUT2D eigenvalue weighted by Crippen LogP contribution is 2.54. The quantitative estimate of drug-likeness (QED) is 0.413. The molecule has 114 valence electrons. The van der Waals surface area contributed by atoms with Gasteiger partial charge in [-0.15, -0.1) is 0 Å². The molecular formula is C14H16O7. The molecule has 3 aliphatic rings. The fourth-order valence-electron chi connectivity index (χ4n) is 3.10. The van der Waals surface area contributed by atoms with Crippen molar-refractivity contribution in [2.75, 3.05) is 6.61 Å². The van der Waals surface area contributed by atoms with E-state index in [0.29, 0.717) is 6.42 Å². The molecule has 3 fully saturated rings. The second-order valence-electron chi connectivity index (χ2n) is 5.90. The molecule has 0 aromatic carbocycles. The minimum absolute atomic E-state index is 0.201. The number of esters is 3. The Bertz CT molecular complexity index is 539. The molecule has 0 spiro atoms. The first-order valence-electron chi connectivity index (χ1n) is 6.71. The second-order valence-corrected chi connectivity index (χ2v) is 5.90. The highest BCUT2D eigenvalue weighted by molar-refractivity contribution is 5.88. The molecule has 3 saturated heterocycles. The maximum Gasteiger partial charge on any atom is 0.344 e. The van der Waals surface area contributed by atoms with E-state index in [-0.39, 0.29) is 23.8 Å². The average Bonchev–Trinajstić information content (AvgIpc) is 2.97. The van der Waals surface area contributed by atoms with E-state index >= 15 is 0 Å². The number of carbonyl (C=O) groups excluding carboxylic acids is 3. The van der Waals surface area contributed by atoms with Crippen LogP contribution in [0.3, 0.4) is 0 Å². The summed E-state index contributed by atoms with van der Waals surface area (Å²) < 4.78 is 20.9. The van der Waals surface area contributed by atoms with E-state index in [0.717, 1.165) is 0 Å². The van der Waals surface area contributed by atoms with E-state index in [1.807, 2.05) is 0 Å². The van der Waals surface area contributed by atoms with Crippen LogP contribution in [0.25, 0.3) is 0 Å². The molecule has 7 heteroatoms. The van der Waals surface area contributed by atoms with Gasteiger partial charge in [0.15, 0.2) is 18.8 Å². The topological polar surface area (TPSA) is 88.1 Å². The van der Waals surface area contributed by atoms with Crippen LogP contribution in [0.2, 0.25) is 0 Å². The Labute approximate surface area is 121 Å². The summed E-state index contributed by atoms with van der Waals surface area (Å²) in [6.45, 7) is 6.19. The molecule has 0 N–H and O–H groups in total. The van der Waals surface area contributed by atoms with Crippen LogP contribution in [0.5, 0.6) is 0 Å². The molecule has 5 atom stereocenters. The summed E-state index contributed by atoms with van der Waals surface area (Å²) in [7, 11) is 0. The van der Waals surface area contributed by atoms with E-state index < -0.39 is 36.2 Å². The lowest BCUT2D eigenvalue weighted by molar-refractivity contribution is -0.167. The van der Waals surface area contributed by atoms with Gasteiger partial charge in [-0.2, -0.15) is 0 Å². The van der Waals surface area contributed by atoms with Crippen molar-refractivity contribution in [2.45, 2.75) is 44.7 Å². The third kappa shape index (κ3) is 2.03. The average molecular weight is 296 g/mol. The summed E-state index contributed by atoms with van der Waals surface area (Å²) in [6.07, 6.45) is -1.45. The van der Waals surface area contributed by atoms with Crippen LogP contribution in [0.1, 0.15) is 20.3 Å². The van der Waals surface area contributed by atoms with Crippen LogP contribution in [0.15, 0.2) is 12.2 Å². The highest BCUT2D eigenvalue weighted by Gasteiger charge is 2.71. The van der Waals surface area contributed by atoms with Crippen LogP contribution in [0.4, 0.5) is 0 Å². The summed E-state index contributed by atoms with van der Waals surface area (Å²) in [6, 6.07) is 0. The molecule has 0 aromatic rings. The Kier molecular flexibility index (Phi) is 3.05. The van der Waals surface area contributed by atoms with Gasteiger partial charge in [-0.3, -0.25) is 4.79 Å². The van der Waals surface area contributed by atoms with Crippen molar-refractivity contribution in [1.29, 1.82) is 0 Å². The zero-order valence-electron chi connectivity index (χ0n) is 11.8. The zero-order valence-corrected chi connectivity index (χ0v) is 11.8. The molecule has 3 heterocycles. The molecule has 3 rings (SSSR count). The van der Waals surface area contributed by atoms with E-state index in [4.69, 9.17) is 18.9 Å². The Morgan fingerprint density at radius 2 is 2.19 bits per heavy atom. The molecule has 5 unspecified atom stereocenters. The van der Waals surface area contributed by atoms with E-state index in [2.05, 4.69) is 6.58 Å². The Morgan fingerprint density at radius 3 is 2.86 bits per heavy atom. The standard InChI is InChI=1S/C14H16O7/c1-6(2)12(16)18-5-8(15)20-9-7-4-14(3)11(19-7)10(9)21-13(14)17/h7,9-11H,1,4-5H2,2-3H3. The molecule has 0 aromatic heterocycles. The van der Waals surface area contributed by atoms with Gasteiger partial charge < -0.3 is 18.9 Å². The van der Waals surface area contributed by atoms with Gasteiger partial charge in [0.2, 0.25) is 0 Å². The van der Waals surface area contributed by atoms with Gasteiger partial charge in [0.05, 0.1) is 5.41 Å². The Morgan fingerprint density at radius 1 is 1.48 bits per heavy atom. The van der Waals surface area contributed by atoms with Crippen molar-refractivity contribution in [2.24, 2.45) is 5.41 Å². The summed E-state index contributed by atoms with van der Waals surface area (Å²) in [4.78, 5) is 34.7. The van der Waals surface area contributed by atoms with Gasteiger partial charge in [0, 0.05) is 5.57 Å². The zero-order chi connectivity index (χ0) is 15.4. The van der Waals surface area contributed by atoms with Crippen LogP contribution in [0, 0.1) is 5.41 Å². The van der Waals surface area contributed by atoms with Crippen LogP contribution >= 0.6 is 0 Å². The van der Waals surface area contributed by atoms with Crippen molar-refractivity contribution in [3.63, 3.8) is 0 Å². The lowest BCUT2D eigenvalue weighted by atomic mass is 9.76.